The van der Waals surface area contributed by atoms with Crippen LogP contribution >= 0.6 is 0 Å². The van der Waals surface area contributed by atoms with Gasteiger partial charge in [-0.05, 0) is 18.9 Å². The number of hydrogen-bond donors (Lipinski definition) is 2. The summed E-state index contributed by atoms with van der Waals surface area (Å²) in [5.74, 6) is 0. The summed E-state index contributed by atoms with van der Waals surface area (Å²) in [4.78, 5) is 0. The molecule has 1 heterocycles. The van der Waals surface area contributed by atoms with Gasteiger partial charge < -0.3 is 10.4 Å². The summed E-state index contributed by atoms with van der Waals surface area (Å²) in [6, 6.07) is 2.51. The summed E-state index contributed by atoms with van der Waals surface area (Å²) in [6.45, 7) is 1.25. The van der Waals surface area contributed by atoms with Crippen LogP contribution in [-0.4, -0.2) is 33.6 Å². The van der Waals surface area contributed by atoms with E-state index >= 15 is 0 Å². The topological polar surface area (TPSA) is 50.1 Å². The molecular formula is C10H17N3O. The van der Waals surface area contributed by atoms with E-state index in [0.717, 1.165) is 0 Å². The van der Waals surface area contributed by atoms with Gasteiger partial charge in [-0.2, -0.15) is 5.10 Å². The van der Waals surface area contributed by atoms with Crippen molar-refractivity contribution in [2.45, 2.75) is 38.0 Å². The fourth-order valence-electron chi connectivity index (χ4n) is 1.60. The molecule has 4 heteroatoms. The fourth-order valence-corrected chi connectivity index (χ4v) is 1.60. The molecule has 1 atom stereocenters. The molecule has 0 saturated heterocycles. The average Bonchev–Trinajstić information content (AvgIpc) is 2.54. The molecule has 1 aromatic rings. The third-order valence-corrected chi connectivity index (χ3v) is 2.70. The molecule has 0 radical (unpaired) electrons. The Morgan fingerprint density at radius 2 is 2.43 bits per heavy atom. The van der Waals surface area contributed by atoms with Crippen LogP contribution in [0.3, 0.4) is 0 Å². The smallest absolute Gasteiger partial charge is 0.0860 e. The van der Waals surface area contributed by atoms with Gasteiger partial charge in [-0.15, -0.1) is 0 Å². The van der Waals surface area contributed by atoms with Crippen LogP contribution in [0.25, 0.3) is 0 Å². The largest absolute Gasteiger partial charge is 0.390 e. The minimum atomic E-state index is -0.338. The summed E-state index contributed by atoms with van der Waals surface area (Å²) in [7, 11) is 0. The number of hydrogen-bond acceptors (Lipinski definition) is 3. The summed E-state index contributed by atoms with van der Waals surface area (Å²) in [6.07, 6.45) is 7.10. The predicted molar refractivity (Wildman–Crippen MR) is 53.9 cm³/mol. The molecule has 0 spiro atoms. The van der Waals surface area contributed by atoms with Gasteiger partial charge in [0.15, 0.2) is 0 Å². The summed E-state index contributed by atoms with van der Waals surface area (Å²) >= 11 is 0. The Morgan fingerprint density at radius 1 is 1.57 bits per heavy atom. The van der Waals surface area contributed by atoms with Gasteiger partial charge in [0.25, 0.3) is 0 Å². The lowest BCUT2D eigenvalue weighted by Crippen LogP contribution is -2.40. The molecule has 0 amide bonds. The second-order valence-electron chi connectivity index (χ2n) is 3.92. The quantitative estimate of drug-likeness (QED) is 0.714. The maximum atomic E-state index is 9.67. The Morgan fingerprint density at radius 3 is 3.00 bits per heavy atom. The van der Waals surface area contributed by atoms with Crippen molar-refractivity contribution in [1.82, 2.24) is 15.1 Å². The maximum Gasteiger partial charge on any atom is 0.0860 e. The number of aliphatic hydroxyl groups is 1. The lowest BCUT2D eigenvalue weighted by atomic mass is 9.93. The zero-order chi connectivity index (χ0) is 9.80. The van der Waals surface area contributed by atoms with E-state index in [9.17, 15) is 5.11 Å². The highest BCUT2D eigenvalue weighted by Crippen LogP contribution is 2.17. The second kappa shape index (κ2) is 4.57. The van der Waals surface area contributed by atoms with Crippen molar-refractivity contribution in [3.8, 4) is 0 Å². The number of aromatic nitrogens is 2. The Bertz CT molecular complexity index is 256. The maximum absolute atomic E-state index is 9.67. The minimum Gasteiger partial charge on any atom is -0.390 e. The lowest BCUT2D eigenvalue weighted by Gasteiger charge is -2.27. The first-order chi connectivity index (χ1) is 6.84. The van der Waals surface area contributed by atoms with Gasteiger partial charge >= 0.3 is 0 Å². The van der Waals surface area contributed by atoms with Crippen LogP contribution in [0.1, 0.15) is 19.3 Å². The highest BCUT2D eigenvalue weighted by atomic mass is 16.3. The molecule has 14 heavy (non-hydrogen) atoms. The fraction of sp³-hybridized carbons (Fsp3) is 0.700. The zero-order valence-electron chi connectivity index (χ0n) is 8.26. The standard InChI is InChI=1S/C10H17N3O/c14-10(7-11-9-3-1-4-9)8-13-6-2-5-12-13/h2,5-6,9-11,14H,1,3-4,7-8H2. The second-order valence-corrected chi connectivity index (χ2v) is 3.92. The van der Waals surface area contributed by atoms with Gasteiger partial charge in [-0.3, -0.25) is 4.68 Å². The SMILES string of the molecule is OC(CNC1CCC1)Cn1cccn1. The summed E-state index contributed by atoms with van der Waals surface area (Å²) in [5, 5.41) is 17.1. The molecular weight excluding hydrogens is 178 g/mol. The van der Waals surface area contributed by atoms with Crippen molar-refractivity contribution in [1.29, 1.82) is 0 Å². The van der Waals surface area contributed by atoms with E-state index in [4.69, 9.17) is 0 Å². The van der Waals surface area contributed by atoms with Crippen LogP contribution in [0.4, 0.5) is 0 Å². The van der Waals surface area contributed by atoms with Crippen LogP contribution in [0.2, 0.25) is 0 Å². The van der Waals surface area contributed by atoms with Gasteiger partial charge in [0.1, 0.15) is 0 Å². The molecule has 0 bridgehead atoms. The molecule has 0 aromatic carbocycles. The van der Waals surface area contributed by atoms with Crippen molar-refractivity contribution in [2.24, 2.45) is 0 Å². The molecule has 1 fully saturated rings. The molecule has 2 rings (SSSR count). The molecule has 4 nitrogen and oxygen atoms in total. The van der Waals surface area contributed by atoms with E-state index in [1.807, 2.05) is 12.3 Å². The van der Waals surface area contributed by atoms with Crippen LogP contribution in [0.15, 0.2) is 18.5 Å². The van der Waals surface area contributed by atoms with Gasteiger partial charge in [0, 0.05) is 25.0 Å². The Hall–Kier alpha value is -0.870. The first-order valence-corrected chi connectivity index (χ1v) is 5.23. The van der Waals surface area contributed by atoms with Gasteiger partial charge in [0.2, 0.25) is 0 Å². The highest BCUT2D eigenvalue weighted by Gasteiger charge is 2.17. The van der Waals surface area contributed by atoms with Gasteiger partial charge in [-0.25, -0.2) is 0 Å². The number of aliphatic hydroxyl groups excluding tert-OH is 1. The molecule has 2 N–H and O–H groups in total. The predicted octanol–water partition coefficient (Wildman–Crippen LogP) is 0.386. The third-order valence-electron chi connectivity index (χ3n) is 2.70. The lowest BCUT2D eigenvalue weighted by molar-refractivity contribution is 0.136. The average molecular weight is 195 g/mol. The van der Waals surface area contributed by atoms with Crippen LogP contribution in [-0.2, 0) is 6.54 Å². The number of nitrogens with one attached hydrogen (secondary N) is 1. The number of nitrogens with zero attached hydrogens (tertiary/aromatic N) is 2. The van der Waals surface area contributed by atoms with E-state index in [-0.39, 0.29) is 6.10 Å². The molecule has 1 unspecified atom stereocenters. The normalized spacial score (nSPS) is 19.2. The molecule has 0 aliphatic heterocycles. The molecule has 1 saturated carbocycles. The van der Waals surface area contributed by atoms with Crippen LogP contribution in [0, 0.1) is 0 Å². The monoisotopic (exact) mass is 195 g/mol. The van der Waals surface area contributed by atoms with Crippen molar-refractivity contribution in [3.63, 3.8) is 0 Å². The molecule has 1 aliphatic carbocycles. The summed E-state index contributed by atoms with van der Waals surface area (Å²) < 4.78 is 1.76. The van der Waals surface area contributed by atoms with Crippen molar-refractivity contribution < 1.29 is 5.11 Å². The van der Waals surface area contributed by atoms with E-state index in [1.165, 1.54) is 19.3 Å². The first kappa shape index (κ1) is 9.68. The molecule has 1 aliphatic rings. The zero-order valence-corrected chi connectivity index (χ0v) is 8.26. The highest BCUT2D eigenvalue weighted by molar-refractivity contribution is 4.80. The molecule has 78 valence electrons. The minimum absolute atomic E-state index is 0.338. The molecule has 1 aromatic heterocycles. The Balaban J connectivity index is 1.65. The van der Waals surface area contributed by atoms with Crippen molar-refractivity contribution >= 4 is 0 Å². The van der Waals surface area contributed by atoms with Crippen molar-refractivity contribution in [3.05, 3.63) is 18.5 Å². The Labute approximate surface area is 83.9 Å². The Kier molecular flexibility index (Phi) is 3.16. The van der Waals surface area contributed by atoms with E-state index in [0.29, 0.717) is 19.1 Å². The van der Waals surface area contributed by atoms with E-state index in [2.05, 4.69) is 10.4 Å². The van der Waals surface area contributed by atoms with Crippen LogP contribution < -0.4 is 5.32 Å². The van der Waals surface area contributed by atoms with Crippen LogP contribution in [0.5, 0.6) is 0 Å². The summed E-state index contributed by atoms with van der Waals surface area (Å²) in [5.41, 5.74) is 0. The van der Waals surface area contributed by atoms with Crippen molar-refractivity contribution in [2.75, 3.05) is 6.54 Å². The van der Waals surface area contributed by atoms with Gasteiger partial charge in [0.05, 0.1) is 12.6 Å². The third kappa shape index (κ3) is 2.56. The first-order valence-electron chi connectivity index (χ1n) is 5.23. The van der Waals surface area contributed by atoms with E-state index in [1.54, 1.807) is 10.9 Å². The van der Waals surface area contributed by atoms with Gasteiger partial charge in [-0.1, -0.05) is 6.42 Å². The van der Waals surface area contributed by atoms with E-state index < -0.39 is 0 Å². The number of rotatable bonds is 5.